The largest absolute Gasteiger partial charge is 0.508 e. The molecule has 0 spiro atoms. The van der Waals surface area contributed by atoms with Gasteiger partial charge >= 0.3 is 5.97 Å². The Balaban J connectivity index is 3.07. The van der Waals surface area contributed by atoms with Gasteiger partial charge in [0.15, 0.2) is 0 Å². The number of nitrogens with one attached hydrogen (secondary N) is 3. The van der Waals surface area contributed by atoms with Crippen LogP contribution < -0.4 is 33.2 Å². The van der Waals surface area contributed by atoms with Crippen LogP contribution in [0.4, 0.5) is 0 Å². The Labute approximate surface area is 228 Å². The lowest BCUT2D eigenvalue weighted by atomic mass is 9.98. The average Bonchev–Trinajstić information content (AvgIpc) is 2.89. The minimum absolute atomic E-state index is 0.00195. The summed E-state index contributed by atoms with van der Waals surface area (Å²) in [5.41, 5.74) is 17.3. The Morgan fingerprint density at radius 2 is 1.41 bits per heavy atom. The van der Waals surface area contributed by atoms with Gasteiger partial charge in [-0.05, 0) is 55.8 Å². The zero-order chi connectivity index (χ0) is 29.5. The molecule has 218 valence electrons. The molecule has 1 aromatic rings. The Hall–Kier alpha value is -3.71. The van der Waals surface area contributed by atoms with Crippen molar-refractivity contribution in [1.29, 1.82) is 0 Å². The lowest BCUT2D eigenvalue weighted by Gasteiger charge is -2.26. The summed E-state index contributed by atoms with van der Waals surface area (Å²) in [5.74, 6) is -4.20. The number of hydrogen-bond acceptors (Lipinski definition) is 8. The molecule has 0 aliphatic carbocycles. The van der Waals surface area contributed by atoms with Crippen LogP contribution in [0.1, 0.15) is 57.9 Å². The van der Waals surface area contributed by atoms with Crippen LogP contribution in [0.5, 0.6) is 5.75 Å². The van der Waals surface area contributed by atoms with E-state index in [9.17, 15) is 34.2 Å². The van der Waals surface area contributed by atoms with Crippen LogP contribution in [0.2, 0.25) is 0 Å². The number of carbonyl (C=O) groups is 5. The van der Waals surface area contributed by atoms with Gasteiger partial charge in [-0.3, -0.25) is 19.2 Å². The summed E-state index contributed by atoms with van der Waals surface area (Å²) < 4.78 is 0. The van der Waals surface area contributed by atoms with E-state index in [0.717, 1.165) is 0 Å². The van der Waals surface area contributed by atoms with Crippen LogP contribution in [0, 0.1) is 5.92 Å². The minimum atomic E-state index is -1.36. The summed E-state index contributed by atoms with van der Waals surface area (Å²) in [7, 11) is 0. The van der Waals surface area contributed by atoms with Crippen LogP contribution in [0.25, 0.3) is 0 Å². The Bertz CT molecular complexity index is 972. The molecule has 0 aromatic heterocycles. The first-order valence-corrected chi connectivity index (χ1v) is 13.0. The summed E-state index contributed by atoms with van der Waals surface area (Å²) in [5, 5.41) is 26.7. The first-order chi connectivity index (χ1) is 18.4. The molecule has 0 aliphatic rings. The first kappa shape index (κ1) is 33.3. The van der Waals surface area contributed by atoms with E-state index >= 15 is 0 Å². The quantitative estimate of drug-likeness (QED) is 0.107. The molecule has 4 amide bonds. The van der Waals surface area contributed by atoms with Crippen molar-refractivity contribution in [2.24, 2.45) is 23.1 Å². The smallest absolute Gasteiger partial charge is 0.326 e. The number of benzene rings is 1. The molecule has 0 bridgehead atoms. The lowest BCUT2D eigenvalue weighted by Crippen LogP contribution is -2.57. The summed E-state index contributed by atoms with van der Waals surface area (Å²) in [4.78, 5) is 62.2. The zero-order valence-electron chi connectivity index (χ0n) is 22.5. The molecule has 0 heterocycles. The van der Waals surface area contributed by atoms with Gasteiger partial charge in [-0.25, -0.2) is 4.79 Å². The van der Waals surface area contributed by atoms with Gasteiger partial charge in [0.25, 0.3) is 0 Å². The molecular weight excluding hydrogens is 508 g/mol. The van der Waals surface area contributed by atoms with Crippen LogP contribution >= 0.6 is 0 Å². The number of primary amides is 1. The second-order valence-corrected chi connectivity index (χ2v) is 9.59. The van der Waals surface area contributed by atoms with Gasteiger partial charge < -0.3 is 43.4 Å². The third-order valence-corrected chi connectivity index (χ3v) is 6.44. The highest BCUT2D eigenvalue weighted by Crippen LogP contribution is 2.12. The zero-order valence-corrected chi connectivity index (χ0v) is 22.5. The Kier molecular flexibility index (Phi) is 14.5. The number of carboxylic acid groups (broad SMARTS) is 1. The molecule has 0 fully saturated rings. The summed E-state index contributed by atoms with van der Waals surface area (Å²) >= 11 is 0. The van der Waals surface area contributed by atoms with Gasteiger partial charge in [0.2, 0.25) is 23.6 Å². The molecule has 39 heavy (non-hydrogen) atoms. The molecule has 0 aliphatic heterocycles. The predicted octanol–water partition coefficient (Wildman–Crippen LogP) is -0.758. The molecule has 0 radical (unpaired) electrons. The Morgan fingerprint density at radius 3 is 1.92 bits per heavy atom. The van der Waals surface area contributed by atoms with Crippen LogP contribution in [0.3, 0.4) is 0 Å². The maximum Gasteiger partial charge on any atom is 0.326 e. The number of unbranched alkanes of at least 4 members (excludes halogenated alkanes) is 1. The van der Waals surface area contributed by atoms with E-state index in [1.165, 1.54) is 24.3 Å². The van der Waals surface area contributed by atoms with Gasteiger partial charge in [0, 0.05) is 12.8 Å². The standard InChI is InChI=1S/C26H42N6O7/c1-3-15(2)22(29)25(37)31-18(6-4-5-13-27)23(35)30-19(11-12-21(28)34)24(36)32-20(26(38)39)14-16-7-9-17(33)10-8-16/h7-10,15,18-20,22,33H,3-6,11-14,27,29H2,1-2H3,(H2,28,34)(H,30,35)(H,31,37)(H,32,36)(H,38,39). The van der Waals surface area contributed by atoms with E-state index in [1.807, 2.05) is 13.8 Å². The number of rotatable bonds is 18. The van der Waals surface area contributed by atoms with Crippen LogP contribution in [-0.4, -0.2) is 70.5 Å². The van der Waals surface area contributed by atoms with Crippen molar-refractivity contribution in [3.05, 3.63) is 29.8 Å². The van der Waals surface area contributed by atoms with E-state index in [2.05, 4.69) is 16.0 Å². The molecule has 0 saturated carbocycles. The molecular formula is C26H42N6O7. The van der Waals surface area contributed by atoms with Crippen molar-refractivity contribution < 1.29 is 34.2 Å². The molecule has 5 unspecified atom stereocenters. The van der Waals surface area contributed by atoms with Crippen LogP contribution in [0.15, 0.2) is 24.3 Å². The van der Waals surface area contributed by atoms with E-state index < -0.39 is 53.8 Å². The predicted molar refractivity (Wildman–Crippen MR) is 144 cm³/mol. The van der Waals surface area contributed by atoms with Crippen molar-refractivity contribution in [3.8, 4) is 5.75 Å². The average molecular weight is 551 g/mol. The second kappa shape index (κ2) is 17.0. The molecule has 11 N–H and O–H groups in total. The number of phenols is 1. The summed E-state index contributed by atoms with van der Waals surface area (Å²) in [6.07, 6.45) is 1.46. The van der Waals surface area contributed by atoms with Gasteiger partial charge in [0.05, 0.1) is 6.04 Å². The molecule has 5 atom stereocenters. The number of amides is 4. The van der Waals surface area contributed by atoms with Crippen molar-refractivity contribution >= 4 is 29.6 Å². The molecule has 1 aromatic carbocycles. The normalized spacial score (nSPS) is 14.8. The molecule has 13 heteroatoms. The monoisotopic (exact) mass is 550 g/mol. The highest BCUT2D eigenvalue weighted by atomic mass is 16.4. The number of carbonyl (C=O) groups excluding carboxylic acids is 4. The fraction of sp³-hybridized carbons (Fsp3) is 0.577. The SMILES string of the molecule is CCC(C)C(N)C(=O)NC(CCCCN)C(=O)NC(CCC(N)=O)C(=O)NC(Cc1ccc(O)cc1)C(=O)O. The summed E-state index contributed by atoms with van der Waals surface area (Å²) in [6, 6.07) is 1.27. The maximum atomic E-state index is 13.2. The minimum Gasteiger partial charge on any atom is -0.508 e. The van der Waals surface area contributed by atoms with Gasteiger partial charge in [-0.1, -0.05) is 32.4 Å². The highest BCUT2D eigenvalue weighted by Gasteiger charge is 2.31. The fourth-order valence-electron chi connectivity index (χ4n) is 3.71. The van der Waals surface area contributed by atoms with E-state index in [4.69, 9.17) is 17.2 Å². The van der Waals surface area contributed by atoms with Gasteiger partial charge in [0.1, 0.15) is 23.9 Å². The number of aromatic hydroxyl groups is 1. The first-order valence-electron chi connectivity index (χ1n) is 13.0. The second-order valence-electron chi connectivity index (χ2n) is 9.59. The number of hydrogen-bond donors (Lipinski definition) is 8. The third-order valence-electron chi connectivity index (χ3n) is 6.44. The fourth-order valence-corrected chi connectivity index (χ4v) is 3.71. The Morgan fingerprint density at radius 1 is 0.872 bits per heavy atom. The van der Waals surface area contributed by atoms with Crippen molar-refractivity contribution in [1.82, 2.24) is 16.0 Å². The summed E-state index contributed by atoms with van der Waals surface area (Å²) in [6.45, 7) is 4.09. The van der Waals surface area contributed by atoms with Gasteiger partial charge in [-0.15, -0.1) is 0 Å². The number of nitrogens with two attached hydrogens (primary N) is 3. The number of carboxylic acids is 1. The van der Waals surface area contributed by atoms with E-state index in [0.29, 0.717) is 31.4 Å². The van der Waals surface area contributed by atoms with Crippen molar-refractivity contribution in [2.45, 2.75) is 83.0 Å². The van der Waals surface area contributed by atoms with Crippen molar-refractivity contribution in [2.75, 3.05) is 6.54 Å². The van der Waals surface area contributed by atoms with Gasteiger partial charge in [-0.2, -0.15) is 0 Å². The molecule has 13 nitrogen and oxygen atoms in total. The lowest BCUT2D eigenvalue weighted by molar-refractivity contribution is -0.142. The molecule has 1 rings (SSSR count). The third kappa shape index (κ3) is 12.1. The maximum absolute atomic E-state index is 13.2. The van der Waals surface area contributed by atoms with E-state index in [1.54, 1.807) is 0 Å². The van der Waals surface area contributed by atoms with Crippen molar-refractivity contribution in [3.63, 3.8) is 0 Å². The molecule has 0 saturated heterocycles. The topological polar surface area (TPSA) is 240 Å². The highest BCUT2D eigenvalue weighted by molar-refractivity contribution is 5.94. The van der Waals surface area contributed by atoms with E-state index in [-0.39, 0.29) is 37.4 Å². The number of aliphatic carboxylic acids is 1. The number of phenolic OH excluding ortho intramolecular Hbond substituents is 1. The van der Waals surface area contributed by atoms with Crippen LogP contribution in [-0.2, 0) is 30.4 Å².